The van der Waals surface area contributed by atoms with E-state index in [2.05, 4.69) is 25.3 Å². The molecule has 0 aliphatic rings. The monoisotopic (exact) mass is 252 g/mol. The summed E-state index contributed by atoms with van der Waals surface area (Å²) in [5, 5.41) is 10.2. The number of anilines is 1. The Morgan fingerprint density at radius 2 is 2.06 bits per heavy atom. The molecule has 0 bridgehead atoms. The Morgan fingerprint density at radius 3 is 2.56 bits per heavy atom. The Bertz CT molecular complexity index is 526. The van der Waals surface area contributed by atoms with Crippen LogP contribution in [0.25, 0.3) is 11.7 Å². The molecule has 1 unspecified atom stereocenters. The molecule has 1 atom stereocenters. The first-order valence-corrected chi connectivity index (χ1v) is 5.46. The highest BCUT2D eigenvalue weighted by molar-refractivity contribution is 5.41. The Morgan fingerprint density at radius 1 is 1.33 bits per heavy atom. The summed E-state index contributed by atoms with van der Waals surface area (Å²) >= 11 is 0. The average molecular weight is 252 g/mol. The van der Waals surface area contributed by atoms with Crippen LogP contribution < -0.4 is 5.73 Å². The summed E-state index contributed by atoms with van der Waals surface area (Å²) in [7, 11) is 1.61. The first-order chi connectivity index (χ1) is 8.41. The van der Waals surface area contributed by atoms with Crippen LogP contribution in [0.4, 0.5) is 5.95 Å². The molecule has 0 saturated carbocycles. The lowest BCUT2D eigenvalue weighted by Crippen LogP contribution is -2.21. The molecule has 2 aromatic rings. The maximum absolute atomic E-state index is 5.41. The minimum atomic E-state index is -0.268. The third-order valence-corrected chi connectivity index (χ3v) is 2.40. The first kappa shape index (κ1) is 12.5. The highest BCUT2D eigenvalue weighted by Gasteiger charge is 2.31. The van der Waals surface area contributed by atoms with Crippen LogP contribution in [0.3, 0.4) is 0 Å². The minimum absolute atomic E-state index is 0.129. The van der Waals surface area contributed by atoms with Crippen molar-refractivity contribution < 1.29 is 9.26 Å². The normalized spacial score (nSPS) is 13.8. The summed E-state index contributed by atoms with van der Waals surface area (Å²) in [6, 6.07) is 0. The molecular weight excluding hydrogens is 236 g/mol. The van der Waals surface area contributed by atoms with E-state index in [-0.39, 0.29) is 23.4 Å². The lowest BCUT2D eigenvalue weighted by Gasteiger charge is -2.26. The number of aromatic nitrogens is 5. The van der Waals surface area contributed by atoms with E-state index in [0.29, 0.717) is 11.6 Å². The second-order valence-corrected chi connectivity index (χ2v) is 4.98. The van der Waals surface area contributed by atoms with Gasteiger partial charge in [0.15, 0.2) is 0 Å². The number of rotatable bonds is 3. The van der Waals surface area contributed by atoms with E-state index in [1.165, 1.54) is 0 Å². The predicted molar refractivity (Wildman–Crippen MR) is 63.3 cm³/mol. The number of methoxy groups -OCH3 is 1. The molecule has 8 heteroatoms. The van der Waals surface area contributed by atoms with Gasteiger partial charge in [0.05, 0.1) is 0 Å². The molecule has 3 N–H and O–H groups in total. The van der Waals surface area contributed by atoms with Gasteiger partial charge in [-0.05, 0) is 5.41 Å². The van der Waals surface area contributed by atoms with E-state index >= 15 is 0 Å². The highest BCUT2D eigenvalue weighted by Crippen LogP contribution is 2.34. The number of nitrogens with one attached hydrogen (secondary N) is 1. The Kier molecular flexibility index (Phi) is 3.04. The fourth-order valence-corrected chi connectivity index (χ4v) is 1.65. The van der Waals surface area contributed by atoms with E-state index in [1.807, 2.05) is 20.8 Å². The van der Waals surface area contributed by atoms with Gasteiger partial charge in [-0.3, -0.25) is 5.10 Å². The number of hydrogen-bond acceptors (Lipinski definition) is 7. The second-order valence-electron chi connectivity index (χ2n) is 4.98. The number of H-pyrrole nitrogens is 1. The van der Waals surface area contributed by atoms with Crippen LogP contribution in [0.15, 0.2) is 4.52 Å². The van der Waals surface area contributed by atoms with Crippen LogP contribution in [0.5, 0.6) is 0 Å². The van der Waals surface area contributed by atoms with E-state index < -0.39 is 0 Å². The summed E-state index contributed by atoms with van der Waals surface area (Å²) in [5.74, 6) is 1.18. The van der Waals surface area contributed by atoms with Gasteiger partial charge in [0.1, 0.15) is 6.10 Å². The van der Waals surface area contributed by atoms with E-state index in [1.54, 1.807) is 7.11 Å². The number of ether oxygens (including phenoxy) is 1. The second kappa shape index (κ2) is 4.37. The molecule has 0 aliphatic carbocycles. The number of hydrogen-bond donors (Lipinski definition) is 2. The lowest BCUT2D eigenvalue weighted by molar-refractivity contribution is 0.00718. The smallest absolute Gasteiger partial charge is 0.295 e. The van der Waals surface area contributed by atoms with Gasteiger partial charge in [-0.25, -0.2) is 0 Å². The molecule has 0 aliphatic heterocycles. The largest absolute Gasteiger partial charge is 0.373 e. The van der Waals surface area contributed by atoms with Crippen LogP contribution >= 0.6 is 0 Å². The van der Waals surface area contributed by atoms with Gasteiger partial charge in [0, 0.05) is 7.11 Å². The fraction of sp³-hybridized carbons (Fsp3) is 0.600. The quantitative estimate of drug-likeness (QED) is 0.842. The minimum Gasteiger partial charge on any atom is -0.373 e. The van der Waals surface area contributed by atoms with Gasteiger partial charge in [0.25, 0.3) is 5.89 Å². The molecule has 2 rings (SSSR count). The molecule has 0 amide bonds. The van der Waals surface area contributed by atoms with Gasteiger partial charge < -0.3 is 15.0 Å². The topological polar surface area (TPSA) is 116 Å². The van der Waals surface area contributed by atoms with Gasteiger partial charge >= 0.3 is 0 Å². The van der Waals surface area contributed by atoms with Crippen molar-refractivity contribution in [3.63, 3.8) is 0 Å². The van der Waals surface area contributed by atoms with Crippen molar-refractivity contribution in [2.45, 2.75) is 26.9 Å². The number of nitrogens with two attached hydrogens (primary N) is 1. The maximum Gasteiger partial charge on any atom is 0.295 e. The molecule has 98 valence electrons. The molecular formula is C10H16N6O2. The SMILES string of the molecule is COC(c1noc(-c2nc(N)n[nH]2)n1)C(C)(C)C. The Balaban J connectivity index is 2.30. The zero-order valence-electron chi connectivity index (χ0n) is 10.8. The first-order valence-electron chi connectivity index (χ1n) is 5.46. The van der Waals surface area contributed by atoms with Crippen LogP contribution in [0.2, 0.25) is 0 Å². The van der Waals surface area contributed by atoms with Crippen molar-refractivity contribution in [1.82, 2.24) is 25.3 Å². The van der Waals surface area contributed by atoms with Crippen LogP contribution in [-0.2, 0) is 4.74 Å². The van der Waals surface area contributed by atoms with Gasteiger partial charge in [-0.15, -0.1) is 5.10 Å². The number of nitrogens with zero attached hydrogens (tertiary/aromatic N) is 4. The summed E-state index contributed by atoms with van der Waals surface area (Å²) < 4.78 is 10.5. The third kappa shape index (κ3) is 2.33. The van der Waals surface area contributed by atoms with E-state index in [9.17, 15) is 0 Å². The molecule has 2 aromatic heterocycles. The average Bonchev–Trinajstić information content (AvgIpc) is 2.85. The molecule has 0 radical (unpaired) electrons. The molecule has 0 aromatic carbocycles. The third-order valence-electron chi connectivity index (χ3n) is 2.40. The van der Waals surface area contributed by atoms with E-state index in [0.717, 1.165) is 0 Å². The zero-order chi connectivity index (χ0) is 13.3. The number of aromatic amines is 1. The van der Waals surface area contributed by atoms with Crippen LogP contribution in [0, 0.1) is 5.41 Å². The Labute approximate surface area is 104 Å². The van der Waals surface area contributed by atoms with Crippen molar-refractivity contribution in [2.75, 3.05) is 12.8 Å². The van der Waals surface area contributed by atoms with Crippen molar-refractivity contribution in [1.29, 1.82) is 0 Å². The van der Waals surface area contributed by atoms with Crippen LogP contribution in [0.1, 0.15) is 32.7 Å². The van der Waals surface area contributed by atoms with Gasteiger partial charge in [0.2, 0.25) is 17.6 Å². The predicted octanol–water partition coefficient (Wildman–Crippen LogP) is 1.17. The van der Waals surface area contributed by atoms with Crippen molar-refractivity contribution >= 4 is 5.95 Å². The van der Waals surface area contributed by atoms with Crippen molar-refractivity contribution in [2.24, 2.45) is 5.41 Å². The summed E-state index contributed by atoms with van der Waals surface area (Å²) in [6.07, 6.45) is -0.268. The zero-order valence-corrected chi connectivity index (χ0v) is 10.8. The highest BCUT2D eigenvalue weighted by atomic mass is 16.5. The van der Waals surface area contributed by atoms with Gasteiger partial charge in [-0.2, -0.15) is 9.97 Å². The van der Waals surface area contributed by atoms with Crippen LogP contribution in [-0.4, -0.2) is 32.4 Å². The van der Waals surface area contributed by atoms with Gasteiger partial charge in [-0.1, -0.05) is 25.9 Å². The molecule has 0 spiro atoms. The molecule has 8 nitrogen and oxygen atoms in total. The molecule has 18 heavy (non-hydrogen) atoms. The van der Waals surface area contributed by atoms with E-state index in [4.69, 9.17) is 15.0 Å². The molecule has 0 fully saturated rings. The summed E-state index contributed by atoms with van der Waals surface area (Å²) in [5.41, 5.74) is 5.27. The summed E-state index contributed by atoms with van der Waals surface area (Å²) in [4.78, 5) is 8.16. The standard InChI is InChI=1S/C10H16N6O2/c1-10(2,3)5(17-4)6-12-8(18-16-6)7-13-9(11)15-14-7/h5H,1-4H3,(H3,11,13,14,15). The summed E-state index contributed by atoms with van der Waals surface area (Å²) in [6.45, 7) is 6.09. The van der Waals surface area contributed by atoms with Crippen molar-refractivity contribution in [3.05, 3.63) is 5.82 Å². The molecule has 0 saturated heterocycles. The molecule has 2 heterocycles. The van der Waals surface area contributed by atoms with Crippen molar-refractivity contribution in [3.8, 4) is 11.7 Å². The fourth-order valence-electron chi connectivity index (χ4n) is 1.65. The maximum atomic E-state index is 5.41. The lowest BCUT2D eigenvalue weighted by atomic mass is 9.88. The number of nitrogen functional groups attached to an aromatic ring is 1. The Hall–Kier alpha value is -1.96.